The number of benzene rings is 1. The molecule has 3 aliphatic heterocycles. The van der Waals surface area contributed by atoms with Crippen LogP contribution in [0.1, 0.15) is 31.2 Å². The Morgan fingerprint density at radius 1 is 1.20 bits per heavy atom. The van der Waals surface area contributed by atoms with Gasteiger partial charge in [-0.2, -0.15) is 0 Å². The molecule has 1 amide bonds. The Kier molecular flexibility index (Phi) is 4.78. The first-order chi connectivity index (χ1) is 12.1. The van der Waals surface area contributed by atoms with Gasteiger partial charge in [0.2, 0.25) is 5.91 Å². The van der Waals surface area contributed by atoms with Crippen LogP contribution in [0, 0.1) is 17.2 Å². The summed E-state index contributed by atoms with van der Waals surface area (Å²) in [7, 11) is 0. The van der Waals surface area contributed by atoms with Gasteiger partial charge >= 0.3 is 0 Å². The maximum absolute atomic E-state index is 13.4. The highest BCUT2D eigenvalue weighted by Crippen LogP contribution is 2.41. The molecule has 25 heavy (non-hydrogen) atoms. The van der Waals surface area contributed by atoms with Crippen LogP contribution < -0.4 is 0 Å². The van der Waals surface area contributed by atoms with Gasteiger partial charge in [0.1, 0.15) is 5.82 Å². The van der Waals surface area contributed by atoms with Gasteiger partial charge in [-0.3, -0.25) is 4.79 Å². The van der Waals surface area contributed by atoms with Gasteiger partial charge in [-0.1, -0.05) is 12.1 Å². The maximum Gasteiger partial charge on any atom is 0.230 e. The van der Waals surface area contributed by atoms with Crippen LogP contribution in [0.3, 0.4) is 0 Å². The third-order valence-electron chi connectivity index (χ3n) is 6.15. The van der Waals surface area contributed by atoms with Gasteiger partial charge in [-0.25, -0.2) is 4.39 Å². The average Bonchev–Trinajstić information content (AvgIpc) is 3.15. The Balaban J connectivity index is 1.36. The third-order valence-corrected chi connectivity index (χ3v) is 6.15. The summed E-state index contributed by atoms with van der Waals surface area (Å²) in [6.45, 7) is 6.09. The molecule has 0 saturated carbocycles. The summed E-state index contributed by atoms with van der Waals surface area (Å²) in [6.07, 6.45) is 4.19. The number of halogens is 1. The van der Waals surface area contributed by atoms with Gasteiger partial charge in [0.15, 0.2) is 0 Å². The zero-order valence-corrected chi connectivity index (χ0v) is 14.8. The topological polar surface area (TPSA) is 32.8 Å². The highest BCUT2D eigenvalue weighted by molar-refractivity contribution is 5.85. The summed E-state index contributed by atoms with van der Waals surface area (Å²) in [5.74, 6) is 0.748. The fourth-order valence-corrected chi connectivity index (χ4v) is 4.69. The zero-order valence-electron chi connectivity index (χ0n) is 14.8. The Hall–Kier alpha value is -1.46. The second-order valence-electron chi connectivity index (χ2n) is 7.93. The van der Waals surface area contributed by atoms with Crippen LogP contribution in [0.15, 0.2) is 24.3 Å². The predicted octanol–water partition coefficient (Wildman–Crippen LogP) is 2.68. The summed E-state index contributed by atoms with van der Waals surface area (Å²) in [5, 5.41) is 0. The van der Waals surface area contributed by atoms with Crippen molar-refractivity contribution < 1.29 is 13.9 Å². The lowest BCUT2D eigenvalue weighted by Crippen LogP contribution is -2.38. The highest BCUT2D eigenvalue weighted by Gasteiger charge is 2.50. The number of hydrogen-bond acceptors (Lipinski definition) is 3. The summed E-state index contributed by atoms with van der Waals surface area (Å²) < 4.78 is 18.8. The lowest BCUT2D eigenvalue weighted by molar-refractivity contribution is -0.136. The highest BCUT2D eigenvalue weighted by atomic mass is 19.1. The molecule has 0 aromatic heterocycles. The first-order valence-electron chi connectivity index (χ1n) is 9.49. The molecule has 0 aliphatic carbocycles. The molecule has 1 aromatic carbocycles. The quantitative estimate of drug-likeness (QED) is 0.840. The monoisotopic (exact) mass is 346 g/mol. The molecule has 0 unspecified atom stereocenters. The van der Waals surface area contributed by atoms with Crippen molar-refractivity contribution in [3.63, 3.8) is 0 Å². The van der Waals surface area contributed by atoms with Crippen molar-refractivity contribution in [3.05, 3.63) is 35.6 Å². The molecule has 0 N–H and O–H groups in total. The van der Waals surface area contributed by atoms with E-state index in [4.69, 9.17) is 4.74 Å². The molecule has 136 valence electrons. The Morgan fingerprint density at radius 2 is 2.00 bits per heavy atom. The van der Waals surface area contributed by atoms with Crippen LogP contribution in [0.5, 0.6) is 0 Å². The van der Waals surface area contributed by atoms with Crippen LogP contribution in [0.25, 0.3) is 0 Å². The number of rotatable bonds is 4. The van der Waals surface area contributed by atoms with Gasteiger partial charge in [0.25, 0.3) is 0 Å². The van der Waals surface area contributed by atoms with Crippen LogP contribution in [-0.4, -0.2) is 55.1 Å². The smallest absolute Gasteiger partial charge is 0.230 e. The molecule has 3 heterocycles. The Bertz CT molecular complexity index is 632. The molecular weight excluding hydrogens is 319 g/mol. The standard InChI is InChI=1S/C20H27FN2O2/c21-18-3-1-2-17(12-18)14-23-9-7-20(19(23)24)6-8-22(15-20)13-16-4-10-25-11-5-16/h1-3,12,16H,4-11,13-15H2/t20-/m0/s1. The molecule has 1 atom stereocenters. The van der Waals surface area contributed by atoms with Crippen molar-refractivity contribution >= 4 is 5.91 Å². The number of carbonyl (C=O) groups is 1. The summed E-state index contributed by atoms with van der Waals surface area (Å²) in [6, 6.07) is 6.59. The largest absolute Gasteiger partial charge is 0.381 e. The number of carbonyl (C=O) groups excluding carboxylic acids is 1. The van der Waals surface area contributed by atoms with Crippen molar-refractivity contribution in [2.45, 2.75) is 32.2 Å². The second-order valence-corrected chi connectivity index (χ2v) is 7.93. The van der Waals surface area contributed by atoms with E-state index in [0.717, 1.165) is 70.6 Å². The average molecular weight is 346 g/mol. The molecule has 5 heteroatoms. The molecule has 4 nitrogen and oxygen atoms in total. The number of likely N-dealkylation sites (tertiary alicyclic amines) is 2. The molecule has 3 fully saturated rings. The van der Waals surface area contributed by atoms with Gasteiger partial charge in [0, 0.05) is 39.4 Å². The van der Waals surface area contributed by atoms with Gasteiger partial charge in [0.05, 0.1) is 5.41 Å². The van der Waals surface area contributed by atoms with Crippen molar-refractivity contribution in [2.75, 3.05) is 39.4 Å². The summed E-state index contributed by atoms with van der Waals surface area (Å²) >= 11 is 0. The lowest BCUT2D eigenvalue weighted by atomic mass is 9.85. The van der Waals surface area contributed by atoms with Crippen molar-refractivity contribution in [2.24, 2.45) is 11.3 Å². The fourth-order valence-electron chi connectivity index (χ4n) is 4.69. The van der Waals surface area contributed by atoms with E-state index in [-0.39, 0.29) is 17.1 Å². The number of ether oxygens (including phenoxy) is 1. The minimum Gasteiger partial charge on any atom is -0.381 e. The Morgan fingerprint density at radius 3 is 2.80 bits per heavy atom. The van der Waals surface area contributed by atoms with Crippen molar-refractivity contribution in [1.82, 2.24) is 9.80 Å². The molecule has 1 spiro atoms. The SMILES string of the molecule is O=C1N(Cc2cccc(F)c2)CC[C@]12CCN(CC1CCOCC1)C2. The second kappa shape index (κ2) is 7.04. The predicted molar refractivity (Wildman–Crippen MR) is 93.5 cm³/mol. The van der Waals surface area contributed by atoms with Crippen molar-refractivity contribution in [3.8, 4) is 0 Å². The number of nitrogens with zero attached hydrogens (tertiary/aromatic N) is 2. The van der Waals surface area contributed by atoms with E-state index < -0.39 is 0 Å². The van der Waals surface area contributed by atoms with Crippen LogP contribution in [0.2, 0.25) is 0 Å². The van der Waals surface area contributed by atoms with E-state index in [1.54, 1.807) is 6.07 Å². The molecule has 3 saturated heterocycles. The normalized spacial score (nSPS) is 28.4. The van der Waals surface area contributed by atoms with E-state index in [1.165, 1.54) is 12.1 Å². The minimum atomic E-state index is -0.234. The first kappa shape index (κ1) is 17.0. The van der Waals surface area contributed by atoms with E-state index in [0.29, 0.717) is 12.5 Å². The molecule has 1 aromatic rings. The Labute approximate surface area is 148 Å². The summed E-state index contributed by atoms with van der Waals surface area (Å²) in [4.78, 5) is 17.5. The van der Waals surface area contributed by atoms with E-state index in [9.17, 15) is 9.18 Å². The first-order valence-corrected chi connectivity index (χ1v) is 9.49. The van der Waals surface area contributed by atoms with Crippen LogP contribution in [0.4, 0.5) is 4.39 Å². The lowest BCUT2D eigenvalue weighted by Gasteiger charge is -2.28. The van der Waals surface area contributed by atoms with Gasteiger partial charge < -0.3 is 14.5 Å². The van der Waals surface area contributed by atoms with Crippen molar-refractivity contribution in [1.29, 1.82) is 0 Å². The number of amides is 1. The molecular formula is C20H27FN2O2. The maximum atomic E-state index is 13.4. The van der Waals surface area contributed by atoms with Crippen LogP contribution in [-0.2, 0) is 16.1 Å². The van der Waals surface area contributed by atoms with Gasteiger partial charge in [-0.05, 0) is 55.8 Å². The van der Waals surface area contributed by atoms with E-state index in [2.05, 4.69) is 4.90 Å². The van der Waals surface area contributed by atoms with Crippen LogP contribution >= 0.6 is 0 Å². The molecule has 3 aliphatic rings. The molecule has 0 bridgehead atoms. The third kappa shape index (κ3) is 3.58. The van der Waals surface area contributed by atoms with E-state index in [1.807, 2.05) is 11.0 Å². The van der Waals surface area contributed by atoms with E-state index >= 15 is 0 Å². The molecule has 4 rings (SSSR count). The minimum absolute atomic E-state index is 0.196. The number of hydrogen-bond donors (Lipinski definition) is 0. The fraction of sp³-hybridized carbons (Fsp3) is 0.650. The summed E-state index contributed by atoms with van der Waals surface area (Å²) in [5.41, 5.74) is 0.681. The zero-order chi connectivity index (χ0) is 17.3. The molecule has 0 radical (unpaired) electrons. The van der Waals surface area contributed by atoms with Gasteiger partial charge in [-0.15, -0.1) is 0 Å².